The molecule has 0 aromatic rings. The van der Waals surface area contributed by atoms with Gasteiger partial charge in [-0.15, -0.1) is 0 Å². The Morgan fingerprint density at radius 1 is 1.27 bits per heavy atom. The van der Waals surface area contributed by atoms with Gasteiger partial charge in [0.15, 0.2) is 0 Å². The summed E-state index contributed by atoms with van der Waals surface area (Å²) in [5.41, 5.74) is -0.358. The molecule has 0 unspecified atom stereocenters. The minimum atomic E-state index is -0.358. The smallest absolute Gasteiger partial charge is 0.205 e. The van der Waals surface area contributed by atoms with Gasteiger partial charge >= 0.3 is 0 Å². The molecule has 0 amide bonds. The van der Waals surface area contributed by atoms with Crippen LogP contribution in [0, 0.1) is 11.3 Å². The van der Waals surface area contributed by atoms with Crippen LogP contribution in [0.4, 0.5) is 0 Å². The zero-order chi connectivity index (χ0) is 7.61. The summed E-state index contributed by atoms with van der Waals surface area (Å²) in [6.45, 7) is 3.79. The molecule has 1 aliphatic rings. The first-order chi connectivity index (χ1) is 4.67. The van der Waals surface area contributed by atoms with Gasteiger partial charge in [-0.25, -0.2) is 0 Å². The van der Waals surface area contributed by atoms with Crippen LogP contribution in [-0.2, 0) is 25.9 Å². The zero-order valence-electron chi connectivity index (χ0n) is 6.61. The maximum absolute atomic E-state index is 10.4. The Balaban J connectivity index is 0.000001000. The summed E-state index contributed by atoms with van der Waals surface area (Å²) in [5, 5.41) is 0. The fourth-order valence-electron chi connectivity index (χ4n) is 0.981. The summed E-state index contributed by atoms with van der Waals surface area (Å²) in [4.78, 5) is 10.4. The van der Waals surface area contributed by atoms with Crippen molar-refractivity contribution in [2.75, 3.05) is 0 Å². The maximum Gasteiger partial charge on any atom is 0.205 e. The van der Waals surface area contributed by atoms with Gasteiger partial charge < -0.3 is 0 Å². The molecule has 0 heterocycles. The Labute approximate surface area is 81.8 Å². The third kappa shape index (κ3) is 2.41. The van der Waals surface area contributed by atoms with Gasteiger partial charge in [0.1, 0.15) is 0 Å². The van der Waals surface area contributed by atoms with E-state index in [9.17, 15) is 4.79 Å². The van der Waals surface area contributed by atoms with E-state index in [2.05, 4.69) is 0 Å². The normalized spacial score (nSPS) is 16.5. The third-order valence-electron chi connectivity index (χ3n) is 1.84. The Bertz CT molecular complexity index is 180. The second-order valence-electron chi connectivity index (χ2n) is 3.12. The van der Waals surface area contributed by atoms with Crippen molar-refractivity contribution < 1.29 is 25.9 Å². The predicted octanol–water partition coefficient (Wildman–Crippen LogP) is 1.86. The molecule has 0 spiro atoms. The monoisotopic (exact) mass is 330 g/mol. The van der Waals surface area contributed by atoms with Crippen LogP contribution in [0.25, 0.3) is 0 Å². The fraction of sp³-hybridized carbons (Fsp3) is 0.444. The Morgan fingerprint density at radius 2 is 1.73 bits per heavy atom. The molecule has 1 aliphatic carbocycles. The van der Waals surface area contributed by atoms with Gasteiger partial charge in [0, 0.05) is 32.4 Å². The van der Waals surface area contributed by atoms with E-state index < -0.39 is 0 Å². The van der Waals surface area contributed by atoms with Crippen molar-refractivity contribution in [2.45, 2.75) is 13.8 Å². The molecule has 1 nitrogen and oxygen atoms in total. The topological polar surface area (TPSA) is 17.1 Å². The SMILES string of the molecule is CC(C)([C]=O)C1C=CC=C1.[Pt]. The number of hydrogen-bond donors (Lipinski definition) is 0. The van der Waals surface area contributed by atoms with E-state index in [4.69, 9.17) is 0 Å². The van der Waals surface area contributed by atoms with Crippen LogP contribution >= 0.6 is 0 Å². The largest absolute Gasteiger partial charge is 0.290 e. The van der Waals surface area contributed by atoms with Crippen molar-refractivity contribution in [3.63, 3.8) is 0 Å². The Hall–Kier alpha value is -0.162. The van der Waals surface area contributed by atoms with E-state index in [1.54, 1.807) is 0 Å². The molecule has 0 bridgehead atoms. The summed E-state index contributed by atoms with van der Waals surface area (Å²) < 4.78 is 0. The average molecular weight is 330 g/mol. The van der Waals surface area contributed by atoms with E-state index in [0.717, 1.165) is 0 Å². The summed E-state index contributed by atoms with van der Waals surface area (Å²) in [5.74, 6) is 0.241. The molecule has 63 valence electrons. The maximum atomic E-state index is 10.4. The van der Waals surface area contributed by atoms with E-state index >= 15 is 0 Å². The first-order valence-corrected chi connectivity index (χ1v) is 3.41. The summed E-state index contributed by atoms with van der Waals surface area (Å²) in [6.07, 6.45) is 9.99. The minimum absolute atomic E-state index is 0. The van der Waals surface area contributed by atoms with Gasteiger partial charge in [-0.05, 0) is 0 Å². The molecule has 0 fully saturated rings. The molecule has 0 aromatic carbocycles. The Kier molecular flexibility index (Phi) is 3.95. The van der Waals surface area contributed by atoms with Crippen molar-refractivity contribution >= 4 is 6.29 Å². The van der Waals surface area contributed by atoms with E-state index in [-0.39, 0.29) is 32.4 Å². The van der Waals surface area contributed by atoms with Crippen LogP contribution in [0.5, 0.6) is 0 Å². The number of hydrogen-bond acceptors (Lipinski definition) is 1. The van der Waals surface area contributed by atoms with Crippen LogP contribution in [0.1, 0.15) is 13.8 Å². The van der Waals surface area contributed by atoms with Gasteiger partial charge in [-0.2, -0.15) is 0 Å². The number of rotatable bonds is 2. The van der Waals surface area contributed by atoms with Crippen molar-refractivity contribution in [1.82, 2.24) is 0 Å². The molecule has 1 rings (SSSR count). The van der Waals surface area contributed by atoms with Gasteiger partial charge in [0.2, 0.25) is 6.29 Å². The summed E-state index contributed by atoms with van der Waals surface area (Å²) in [6, 6.07) is 0. The van der Waals surface area contributed by atoms with E-state index in [0.29, 0.717) is 0 Å². The second kappa shape index (κ2) is 4.01. The number of allylic oxidation sites excluding steroid dienone is 4. The zero-order valence-corrected chi connectivity index (χ0v) is 8.88. The van der Waals surface area contributed by atoms with Crippen LogP contribution in [0.15, 0.2) is 24.3 Å². The third-order valence-corrected chi connectivity index (χ3v) is 1.84. The van der Waals surface area contributed by atoms with Gasteiger partial charge in [-0.3, -0.25) is 4.79 Å². The molecular formula is C9H11OPt. The predicted molar refractivity (Wildman–Crippen MR) is 41.2 cm³/mol. The number of carbonyl (C=O) groups excluding carboxylic acids is 1. The van der Waals surface area contributed by atoms with Gasteiger partial charge in [0.25, 0.3) is 0 Å². The molecule has 0 saturated heterocycles. The minimum Gasteiger partial charge on any atom is -0.290 e. The fourth-order valence-corrected chi connectivity index (χ4v) is 0.981. The van der Waals surface area contributed by atoms with Crippen molar-refractivity contribution in [1.29, 1.82) is 0 Å². The van der Waals surface area contributed by atoms with Gasteiger partial charge in [0.05, 0.1) is 0 Å². The first kappa shape index (κ1) is 10.8. The van der Waals surface area contributed by atoms with Crippen LogP contribution in [0.3, 0.4) is 0 Å². The van der Waals surface area contributed by atoms with Crippen LogP contribution in [0.2, 0.25) is 0 Å². The van der Waals surface area contributed by atoms with Crippen LogP contribution < -0.4 is 0 Å². The molecule has 0 saturated carbocycles. The quantitative estimate of drug-likeness (QED) is 0.755. The molecular weight excluding hydrogens is 319 g/mol. The molecule has 0 aliphatic heterocycles. The van der Waals surface area contributed by atoms with Crippen molar-refractivity contribution in [2.24, 2.45) is 11.3 Å². The van der Waals surface area contributed by atoms with Gasteiger partial charge in [-0.1, -0.05) is 38.2 Å². The molecule has 0 N–H and O–H groups in total. The average Bonchev–Trinajstić information content (AvgIpc) is 2.38. The molecule has 0 atom stereocenters. The molecule has 1 radical (unpaired) electrons. The Morgan fingerprint density at radius 3 is 2.09 bits per heavy atom. The molecule has 2 heteroatoms. The first-order valence-electron chi connectivity index (χ1n) is 3.41. The van der Waals surface area contributed by atoms with E-state index in [1.165, 1.54) is 0 Å². The van der Waals surface area contributed by atoms with E-state index in [1.807, 2.05) is 44.4 Å². The van der Waals surface area contributed by atoms with Crippen LogP contribution in [-0.4, -0.2) is 6.29 Å². The summed E-state index contributed by atoms with van der Waals surface area (Å²) >= 11 is 0. The summed E-state index contributed by atoms with van der Waals surface area (Å²) in [7, 11) is 0. The standard InChI is InChI=1S/C9H11O.Pt/c1-9(2,7-10)8-5-3-4-6-8;/h3-6,8H,1-2H3;. The van der Waals surface area contributed by atoms with Crippen molar-refractivity contribution in [3.05, 3.63) is 24.3 Å². The second-order valence-corrected chi connectivity index (χ2v) is 3.12. The van der Waals surface area contributed by atoms with Crippen molar-refractivity contribution in [3.8, 4) is 0 Å². The molecule has 11 heavy (non-hydrogen) atoms. The molecule has 0 aromatic heterocycles.